The zero-order chi connectivity index (χ0) is 51.3. The lowest BCUT2D eigenvalue weighted by atomic mass is 9.77. The van der Waals surface area contributed by atoms with Gasteiger partial charge in [0.1, 0.15) is 0 Å². The van der Waals surface area contributed by atoms with Crippen LogP contribution < -0.4 is 4.90 Å². The van der Waals surface area contributed by atoms with E-state index in [-0.39, 0.29) is 5.41 Å². The second-order valence-corrected chi connectivity index (χ2v) is 20.2. The van der Waals surface area contributed by atoms with Crippen molar-refractivity contribution >= 4 is 17.1 Å². The third kappa shape index (κ3) is 10.1. The maximum atomic E-state index is 2.37. The van der Waals surface area contributed by atoms with Crippen molar-refractivity contribution in [2.75, 3.05) is 4.90 Å². The van der Waals surface area contributed by atoms with Crippen molar-refractivity contribution in [3.63, 3.8) is 0 Å². The zero-order valence-corrected chi connectivity index (χ0v) is 42.9. The molecule has 0 atom stereocenters. The van der Waals surface area contributed by atoms with Gasteiger partial charge in [-0.3, -0.25) is 0 Å². The zero-order valence-electron chi connectivity index (χ0n) is 42.9. The molecule has 0 aliphatic heterocycles. The molecule has 12 aromatic carbocycles. The highest BCUT2D eigenvalue weighted by Gasteiger charge is 2.23. The molecule has 362 valence electrons. The summed E-state index contributed by atoms with van der Waals surface area (Å²) in [5.74, 6) is 0. The van der Waals surface area contributed by atoms with Crippen molar-refractivity contribution in [1.82, 2.24) is 0 Å². The van der Waals surface area contributed by atoms with E-state index in [1.165, 1.54) is 100 Å². The van der Waals surface area contributed by atoms with Gasteiger partial charge in [0.2, 0.25) is 0 Å². The standard InChI is InChI=1S/C75H57N/c1-75(2,70-33-10-5-11-34-70)71-35-17-32-69(53-71)68-31-16-26-63(52-68)58-40-46-74(47-41-58)76(72-42-36-56(37-43-72)61-24-14-29-66(50-61)64-27-12-22-59(48-64)54-18-6-3-7-19-54)73-44-38-57(39-45-73)62-25-15-30-67(51-62)65-28-13-23-60(49-65)55-20-8-4-9-21-55/h3-53H,1-2H3. The van der Waals surface area contributed by atoms with Crippen LogP contribution in [0.4, 0.5) is 17.1 Å². The van der Waals surface area contributed by atoms with Gasteiger partial charge in [-0.05, 0) is 167 Å². The van der Waals surface area contributed by atoms with Crippen LogP contribution in [0.1, 0.15) is 25.0 Å². The molecule has 0 aromatic heterocycles. The third-order valence-electron chi connectivity index (χ3n) is 15.0. The second-order valence-electron chi connectivity index (χ2n) is 20.2. The van der Waals surface area contributed by atoms with Crippen LogP contribution >= 0.6 is 0 Å². The highest BCUT2D eigenvalue weighted by molar-refractivity contribution is 5.84. The summed E-state index contributed by atoms with van der Waals surface area (Å²) in [6.45, 7) is 4.62. The molecule has 0 unspecified atom stereocenters. The summed E-state index contributed by atoms with van der Waals surface area (Å²) >= 11 is 0. The predicted molar refractivity (Wildman–Crippen MR) is 323 cm³/mol. The maximum Gasteiger partial charge on any atom is 0.0462 e. The molecule has 0 N–H and O–H groups in total. The smallest absolute Gasteiger partial charge is 0.0462 e. The molecule has 1 nitrogen and oxygen atoms in total. The Bertz CT molecular complexity index is 3740. The van der Waals surface area contributed by atoms with Crippen LogP contribution in [-0.4, -0.2) is 0 Å². The van der Waals surface area contributed by atoms with Crippen molar-refractivity contribution in [3.8, 4) is 89.0 Å². The summed E-state index contributed by atoms with van der Waals surface area (Å²) in [5, 5.41) is 0. The molecule has 0 fully saturated rings. The van der Waals surface area contributed by atoms with Crippen LogP contribution in [-0.2, 0) is 5.41 Å². The molecule has 0 aliphatic rings. The van der Waals surface area contributed by atoms with Gasteiger partial charge in [0.05, 0.1) is 0 Å². The average Bonchev–Trinajstić information content (AvgIpc) is 3.53. The van der Waals surface area contributed by atoms with E-state index in [4.69, 9.17) is 0 Å². The van der Waals surface area contributed by atoms with Crippen LogP contribution in [0, 0.1) is 0 Å². The topological polar surface area (TPSA) is 3.24 Å². The fourth-order valence-corrected chi connectivity index (χ4v) is 10.6. The average molecular weight is 972 g/mol. The van der Waals surface area contributed by atoms with E-state index < -0.39 is 0 Å². The van der Waals surface area contributed by atoms with Gasteiger partial charge in [-0.2, -0.15) is 0 Å². The van der Waals surface area contributed by atoms with Gasteiger partial charge in [0.25, 0.3) is 0 Å². The largest absolute Gasteiger partial charge is 0.311 e. The molecule has 1 heteroatoms. The number of hydrogen-bond donors (Lipinski definition) is 0. The van der Waals surface area contributed by atoms with Gasteiger partial charge >= 0.3 is 0 Å². The monoisotopic (exact) mass is 971 g/mol. The van der Waals surface area contributed by atoms with Crippen LogP contribution in [0.5, 0.6) is 0 Å². The molecule has 0 saturated heterocycles. The molecule has 12 rings (SSSR count). The number of rotatable bonds is 13. The summed E-state index contributed by atoms with van der Waals surface area (Å²) in [6.07, 6.45) is 0. The molecule has 0 radical (unpaired) electrons. The summed E-state index contributed by atoms with van der Waals surface area (Å²) in [4.78, 5) is 2.37. The van der Waals surface area contributed by atoms with Crippen molar-refractivity contribution in [2.24, 2.45) is 0 Å². The SMILES string of the molecule is CC(C)(c1ccccc1)c1cccc(-c2cccc(-c3ccc(N(c4ccc(-c5cccc(-c6cccc(-c7ccccc7)c6)c5)cc4)c4ccc(-c5cccc(-c6cccc(-c7ccccc7)c6)c5)cc4)cc3)c2)c1. The minimum atomic E-state index is -0.125. The normalized spacial score (nSPS) is 11.3. The fourth-order valence-electron chi connectivity index (χ4n) is 10.6. The minimum Gasteiger partial charge on any atom is -0.311 e. The van der Waals surface area contributed by atoms with E-state index in [0.717, 1.165) is 17.1 Å². The lowest BCUT2D eigenvalue weighted by Crippen LogP contribution is -2.18. The molecule has 0 bridgehead atoms. The van der Waals surface area contributed by atoms with E-state index >= 15 is 0 Å². The Morgan fingerprint density at radius 3 is 0.697 bits per heavy atom. The first kappa shape index (κ1) is 47.4. The van der Waals surface area contributed by atoms with E-state index in [9.17, 15) is 0 Å². The Labute approximate surface area is 448 Å². The van der Waals surface area contributed by atoms with Crippen molar-refractivity contribution in [3.05, 3.63) is 321 Å². The van der Waals surface area contributed by atoms with Crippen molar-refractivity contribution in [1.29, 1.82) is 0 Å². The Morgan fingerprint density at radius 2 is 0.395 bits per heavy atom. The summed E-state index contributed by atoms with van der Waals surface area (Å²) in [5.41, 5.74) is 24.8. The number of benzene rings is 12. The molecule has 76 heavy (non-hydrogen) atoms. The maximum absolute atomic E-state index is 2.37. The Hall–Kier alpha value is -9.56. The van der Waals surface area contributed by atoms with Gasteiger partial charge in [0.15, 0.2) is 0 Å². The number of nitrogens with zero attached hydrogens (tertiary/aromatic N) is 1. The first-order valence-electron chi connectivity index (χ1n) is 26.3. The predicted octanol–water partition coefficient (Wildman–Crippen LogP) is 20.8. The van der Waals surface area contributed by atoms with Crippen LogP contribution in [0.2, 0.25) is 0 Å². The third-order valence-corrected chi connectivity index (χ3v) is 15.0. The van der Waals surface area contributed by atoms with Gasteiger partial charge in [-0.15, -0.1) is 0 Å². The van der Waals surface area contributed by atoms with Gasteiger partial charge in [-0.1, -0.05) is 257 Å². The highest BCUT2D eigenvalue weighted by Crippen LogP contribution is 2.40. The highest BCUT2D eigenvalue weighted by atomic mass is 15.1. The molecular weight excluding hydrogens is 915 g/mol. The lowest BCUT2D eigenvalue weighted by molar-refractivity contribution is 0.641. The lowest BCUT2D eigenvalue weighted by Gasteiger charge is -2.27. The van der Waals surface area contributed by atoms with Gasteiger partial charge in [0, 0.05) is 22.5 Å². The van der Waals surface area contributed by atoms with Crippen LogP contribution in [0.15, 0.2) is 309 Å². The molecule has 0 amide bonds. The molecule has 0 aliphatic carbocycles. The Balaban J connectivity index is 0.860. The van der Waals surface area contributed by atoms with Crippen LogP contribution in [0.3, 0.4) is 0 Å². The Morgan fingerprint density at radius 1 is 0.184 bits per heavy atom. The second kappa shape index (κ2) is 21.1. The minimum absolute atomic E-state index is 0.125. The van der Waals surface area contributed by atoms with Crippen molar-refractivity contribution in [2.45, 2.75) is 19.3 Å². The summed E-state index contributed by atoms with van der Waals surface area (Å²) in [6, 6.07) is 112. The molecule has 12 aromatic rings. The molecule has 0 heterocycles. The molecule has 0 spiro atoms. The number of hydrogen-bond acceptors (Lipinski definition) is 1. The van der Waals surface area contributed by atoms with E-state index in [2.05, 4.69) is 328 Å². The quantitative estimate of drug-likeness (QED) is 0.111. The summed E-state index contributed by atoms with van der Waals surface area (Å²) < 4.78 is 0. The summed E-state index contributed by atoms with van der Waals surface area (Å²) in [7, 11) is 0. The van der Waals surface area contributed by atoms with Gasteiger partial charge in [-0.25, -0.2) is 0 Å². The number of anilines is 3. The molecular formula is C75H57N. The van der Waals surface area contributed by atoms with Gasteiger partial charge < -0.3 is 4.90 Å². The Kier molecular flexibility index (Phi) is 13.2. The van der Waals surface area contributed by atoms with E-state index in [1.54, 1.807) is 0 Å². The van der Waals surface area contributed by atoms with Crippen LogP contribution in [0.25, 0.3) is 89.0 Å². The van der Waals surface area contributed by atoms with E-state index in [0.29, 0.717) is 0 Å². The fraction of sp³-hybridized carbons (Fsp3) is 0.0400. The van der Waals surface area contributed by atoms with E-state index in [1.807, 2.05) is 0 Å². The van der Waals surface area contributed by atoms with Crippen molar-refractivity contribution < 1.29 is 0 Å². The molecule has 0 saturated carbocycles. The first-order valence-corrected chi connectivity index (χ1v) is 26.3. The first-order chi connectivity index (χ1) is 37.4.